The lowest BCUT2D eigenvalue weighted by Gasteiger charge is -2.11. The molecule has 120 valence electrons. The van der Waals surface area contributed by atoms with E-state index in [9.17, 15) is 5.11 Å². The molecule has 0 amide bonds. The molecular formula is C19H22N2O2. The fraction of sp³-hybridized carbons (Fsp3) is 0.316. The number of imidazole rings is 1. The first-order valence-corrected chi connectivity index (χ1v) is 8.03. The van der Waals surface area contributed by atoms with E-state index in [2.05, 4.69) is 28.6 Å². The summed E-state index contributed by atoms with van der Waals surface area (Å²) in [6, 6.07) is 16.2. The summed E-state index contributed by atoms with van der Waals surface area (Å²) < 4.78 is 8.05. The summed E-state index contributed by atoms with van der Waals surface area (Å²) in [6.07, 6.45) is 1.47. The first-order chi connectivity index (χ1) is 11.3. The van der Waals surface area contributed by atoms with Gasteiger partial charge in [0.1, 0.15) is 11.6 Å². The highest BCUT2D eigenvalue weighted by atomic mass is 16.5. The number of hydrogen-bond donors (Lipinski definition) is 1. The van der Waals surface area contributed by atoms with Gasteiger partial charge in [0.25, 0.3) is 0 Å². The summed E-state index contributed by atoms with van der Waals surface area (Å²) >= 11 is 0. The maximum absolute atomic E-state index is 9.24. The topological polar surface area (TPSA) is 47.3 Å². The van der Waals surface area contributed by atoms with Crippen LogP contribution < -0.4 is 4.74 Å². The van der Waals surface area contributed by atoms with Gasteiger partial charge in [-0.05, 0) is 37.1 Å². The van der Waals surface area contributed by atoms with Crippen LogP contribution in [-0.2, 0) is 13.0 Å². The molecule has 1 heterocycles. The Morgan fingerprint density at radius 3 is 2.70 bits per heavy atom. The molecular weight excluding hydrogens is 288 g/mol. The van der Waals surface area contributed by atoms with Gasteiger partial charge in [0.2, 0.25) is 0 Å². The molecule has 0 aliphatic rings. The van der Waals surface area contributed by atoms with Crippen molar-refractivity contribution in [1.29, 1.82) is 0 Å². The van der Waals surface area contributed by atoms with Gasteiger partial charge in [0.15, 0.2) is 0 Å². The van der Waals surface area contributed by atoms with E-state index < -0.39 is 0 Å². The maximum Gasteiger partial charge on any atom is 0.122 e. The second kappa shape index (κ2) is 7.29. The van der Waals surface area contributed by atoms with Crippen LogP contribution in [0.4, 0.5) is 0 Å². The Kier molecular flexibility index (Phi) is 4.93. The number of benzene rings is 2. The van der Waals surface area contributed by atoms with E-state index in [1.807, 2.05) is 36.4 Å². The second-order valence-electron chi connectivity index (χ2n) is 5.61. The number of aliphatic hydroxyl groups is 1. The Morgan fingerprint density at radius 2 is 1.87 bits per heavy atom. The minimum Gasteiger partial charge on any atom is -0.493 e. The zero-order valence-corrected chi connectivity index (χ0v) is 13.4. The van der Waals surface area contributed by atoms with Crippen molar-refractivity contribution in [3.05, 3.63) is 59.9 Å². The van der Waals surface area contributed by atoms with Crippen LogP contribution in [0.25, 0.3) is 11.0 Å². The molecule has 0 fully saturated rings. The molecule has 0 saturated heterocycles. The van der Waals surface area contributed by atoms with E-state index in [1.165, 1.54) is 0 Å². The fourth-order valence-corrected chi connectivity index (χ4v) is 2.79. The monoisotopic (exact) mass is 310 g/mol. The van der Waals surface area contributed by atoms with Crippen LogP contribution in [0.15, 0.2) is 48.5 Å². The minimum absolute atomic E-state index is 0.114. The minimum atomic E-state index is 0.114. The van der Waals surface area contributed by atoms with E-state index in [4.69, 9.17) is 4.74 Å². The van der Waals surface area contributed by atoms with E-state index in [-0.39, 0.29) is 6.61 Å². The van der Waals surface area contributed by atoms with Crippen molar-refractivity contribution in [2.24, 2.45) is 0 Å². The van der Waals surface area contributed by atoms with Crippen LogP contribution in [0.3, 0.4) is 0 Å². The van der Waals surface area contributed by atoms with Gasteiger partial charge in [-0.25, -0.2) is 4.98 Å². The van der Waals surface area contributed by atoms with Crippen molar-refractivity contribution in [1.82, 2.24) is 9.55 Å². The lowest BCUT2D eigenvalue weighted by atomic mass is 10.2. The molecule has 0 unspecified atom stereocenters. The average Bonchev–Trinajstić information content (AvgIpc) is 2.91. The molecule has 4 heteroatoms. The number of para-hydroxylation sites is 3. The number of rotatable bonds is 7. The SMILES string of the molecule is Cc1ccccc1OCCCn1c(CCO)nc2ccccc21. The number of ether oxygens (including phenoxy) is 1. The standard InChI is InChI=1S/C19H22N2O2/c1-15-7-2-5-10-18(15)23-14-6-12-21-17-9-4-3-8-16(17)20-19(21)11-13-22/h2-5,7-10,22H,6,11-14H2,1H3. The number of nitrogens with zero attached hydrogens (tertiary/aromatic N) is 2. The maximum atomic E-state index is 9.24. The number of aliphatic hydroxyl groups excluding tert-OH is 1. The Morgan fingerprint density at radius 1 is 1.09 bits per heavy atom. The van der Waals surface area contributed by atoms with Gasteiger partial charge in [-0.1, -0.05) is 30.3 Å². The predicted octanol–water partition coefficient (Wildman–Crippen LogP) is 3.35. The zero-order valence-electron chi connectivity index (χ0n) is 13.4. The molecule has 0 atom stereocenters. The van der Waals surface area contributed by atoms with Crippen molar-refractivity contribution < 1.29 is 9.84 Å². The van der Waals surface area contributed by atoms with Crippen molar-refractivity contribution >= 4 is 11.0 Å². The van der Waals surface area contributed by atoms with Crippen LogP contribution in [0.1, 0.15) is 17.8 Å². The lowest BCUT2D eigenvalue weighted by Crippen LogP contribution is -2.09. The summed E-state index contributed by atoms with van der Waals surface area (Å²) in [5.74, 6) is 1.88. The molecule has 4 nitrogen and oxygen atoms in total. The molecule has 1 aromatic heterocycles. The number of hydrogen-bond acceptors (Lipinski definition) is 3. The molecule has 23 heavy (non-hydrogen) atoms. The van der Waals surface area contributed by atoms with E-state index in [0.717, 1.165) is 41.1 Å². The van der Waals surface area contributed by atoms with Crippen LogP contribution in [0, 0.1) is 6.92 Å². The van der Waals surface area contributed by atoms with Gasteiger partial charge in [0, 0.05) is 13.0 Å². The van der Waals surface area contributed by atoms with Gasteiger partial charge in [-0.15, -0.1) is 0 Å². The number of aromatic nitrogens is 2. The summed E-state index contributed by atoms with van der Waals surface area (Å²) in [7, 11) is 0. The Labute approximate surface area is 136 Å². The first-order valence-electron chi connectivity index (χ1n) is 8.03. The quantitative estimate of drug-likeness (QED) is 0.681. The van der Waals surface area contributed by atoms with Gasteiger partial charge in [-0.2, -0.15) is 0 Å². The molecule has 0 spiro atoms. The van der Waals surface area contributed by atoms with Crippen LogP contribution in [-0.4, -0.2) is 27.9 Å². The smallest absolute Gasteiger partial charge is 0.122 e. The third-order valence-corrected chi connectivity index (χ3v) is 3.95. The third-order valence-electron chi connectivity index (χ3n) is 3.95. The van der Waals surface area contributed by atoms with Gasteiger partial charge < -0.3 is 14.4 Å². The average molecular weight is 310 g/mol. The molecule has 0 bridgehead atoms. The van der Waals surface area contributed by atoms with Gasteiger partial charge in [0.05, 0.1) is 24.2 Å². The first kappa shape index (κ1) is 15.6. The third kappa shape index (κ3) is 3.54. The van der Waals surface area contributed by atoms with Crippen LogP contribution in [0.2, 0.25) is 0 Å². The molecule has 0 aliphatic heterocycles. The fourth-order valence-electron chi connectivity index (χ4n) is 2.79. The van der Waals surface area contributed by atoms with E-state index in [0.29, 0.717) is 13.0 Å². The number of fused-ring (bicyclic) bond motifs is 1. The molecule has 0 radical (unpaired) electrons. The second-order valence-corrected chi connectivity index (χ2v) is 5.61. The zero-order chi connectivity index (χ0) is 16.1. The highest BCUT2D eigenvalue weighted by molar-refractivity contribution is 5.75. The summed E-state index contributed by atoms with van der Waals surface area (Å²) in [5.41, 5.74) is 3.25. The van der Waals surface area contributed by atoms with Gasteiger partial charge >= 0.3 is 0 Å². The molecule has 0 aliphatic carbocycles. The van der Waals surface area contributed by atoms with E-state index >= 15 is 0 Å². The van der Waals surface area contributed by atoms with Crippen LogP contribution in [0.5, 0.6) is 5.75 Å². The summed E-state index contributed by atoms with van der Waals surface area (Å²) in [4.78, 5) is 4.62. The summed E-state index contributed by atoms with van der Waals surface area (Å²) in [6.45, 7) is 3.67. The largest absolute Gasteiger partial charge is 0.493 e. The Bertz CT molecular complexity index is 780. The van der Waals surface area contributed by atoms with Crippen LogP contribution >= 0.6 is 0 Å². The predicted molar refractivity (Wildman–Crippen MR) is 91.8 cm³/mol. The highest BCUT2D eigenvalue weighted by Gasteiger charge is 2.09. The lowest BCUT2D eigenvalue weighted by molar-refractivity contribution is 0.289. The van der Waals surface area contributed by atoms with Crippen molar-refractivity contribution in [2.75, 3.05) is 13.2 Å². The number of aryl methyl sites for hydroxylation is 2. The highest BCUT2D eigenvalue weighted by Crippen LogP contribution is 2.18. The summed E-state index contributed by atoms with van der Waals surface area (Å²) in [5, 5.41) is 9.24. The molecule has 1 N–H and O–H groups in total. The van der Waals surface area contributed by atoms with Crippen molar-refractivity contribution in [3.8, 4) is 5.75 Å². The van der Waals surface area contributed by atoms with Crippen molar-refractivity contribution in [3.63, 3.8) is 0 Å². The normalized spacial score (nSPS) is 11.0. The molecule has 3 rings (SSSR count). The van der Waals surface area contributed by atoms with Gasteiger partial charge in [-0.3, -0.25) is 0 Å². The molecule has 0 saturated carbocycles. The van der Waals surface area contributed by atoms with Crippen molar-refractivity contribution in [2.45, 2.75) is 26.3 Å². The Balaban J connectivity index is 1.67. The molecule has 3 aromatic rings. The van der Waals surface area contributed by atoms with E-state index in [1.54, 1.807) is 0 Å². The molecule has 2 aromatic carbocycles. The Hall–Kier alpha value is -2.33.